The molecule has 0 spiro atoms. The summed E-state index contributed by atoms with van der Waals surface area (Å²) in [4.78, 5) is 3.21. The van der Waals surface area contributed by atoms with Crippen LogP contribution in [0.2, 0.25) is 0 Å². The van der Waals surface area contributed by atoms with E-state index in [-0.39, 0.29) is 5.60 Å². The summed E-state index contributed by atoms with van der Waals surface area (Å²) in [6.07, 6.45) is 0. The van der Waals surface area contributed by atoms with Crippen LogP contribution in [0.4, 0.5) is 0 Å². The minimum absolute atomic E-state index is 0.259. The fourth-order valence-corrected chi connectivity index (χ4v) is 2.51. The zero-order valence-corrected chi connectivity index (χ0v) is 12.6. The molecule has 0 aliphatic carbocycles. The minimum atomic E-state index is -0.259. The number of imidazole rings is 1. The highest BCUT2D eigenvalue weighted by Gasteiger charge is 2.20. The normalized spacial score (nSPS) is 12.0. The molecule has 5 heteroatoms. The van der Waals surface area contributed by atoms with E-state index in [1.54, 1.807) is 7.11 Å². The highest BCUT2D eigenvalue weighted by Crippen LogP contribution is 2.23. The summed E-state index contributed by atoms with van der Waals surface area (Å²) in [5.41, 5.74) is 1.79. The molecule has 0 atom stereocenters. The van der Waals surface area contributed by atoms with Crippen LogP contribution >= 0.6 is 12.2 Å². The second-order valence-corrected chi connectivity index (χ2v) is 5.48. The first-order valence-corrected chi connectivity index (χ1v) is 6.78. The number of nitrogens with zero attached hydrogens (tertiary/aromatic N) is 1. The number of fused-ring (bicyclic) bond motifs is 1. The molecule has 0 saturated carbocycles. The average molecular weight is 280 g/mol. The van der Waals surface area contributed by atoms with Crippen LogP contribution in [0.15, 0.2) is 18.2 Å². The molecule has 0 amide bonds. The van der Waals surface area contributed by atoms with Gasteiger partial charge in [-0.3, -0.25) is 0 Å². The van der Waals surface area contributed by atoms with Crippen LogP contribution in [-0.4, -0.2) is 28.9 Å². The summed E-state index contributed by atoms with van der Waals surface area (Å²) < 4.78 is 13.8. The Balaban J connectivity index is 2.47. The Kier molecular flexibility index (Phi) is 3.96. The predicted octanol–water partition coefficient (Wildman–Crippen LogP) is 3.52. The van der Waals surface area contributed by atoms with Gasteiger partial charge in [-0.2, -0.15) is 0 Å². The molecule has 1 aromatic carbocycles. The van der Waals surface area contributed by atoms with Gasteiger partial charge in [-0.1, -0.05) is 0 Å². The third-order valence-electron chi connectivity index (χ3n) is 3.06. The first kappa shape index (κ1) is 14.1. The molecule has 1 heterocycles. The molecular weight excluding hydrogens is 260 g/mol. The fraction of sp³-hybridized carbons (Fsp3) is 0.500. The van der Waals surface area contributed by atoms with Crippen LogP contribution < -0.4 is 4.74 Å². The van der Waals surface area contributed by atoms with E-state index in [2.05, 4.69) is 23.4 Å². The topological polar surface area (TPSA) is 39.2 Å². The molecule has 19 heavy (non-hydrogen) atoms. The molecule has 2 rings (SSSR count). The van der Waals surface area contributed by atoms with Gasteiger partial charge >= 0.3 is 0 Å². The Labute approximate surface area is 118 Å². The monoisotopic (exact) mass is 280 g/mol. The molecule has 0 bridgehead atoms. The van der Waals surface area contributed by atoms with Crippen molar-refractivity contribution in [2.24, 2.45) is 0 Å². The van der Waals surface area contributed by atoms with Gasteiger partial charge in [0.25, 0.3) is 0 Å². The summed E-state index contributed by atoms with van der Waals surface area (Å²) in [6, 6.07) is 5.89. The lowest BCUT2D eigenvalue weighted by Crippen LogP contribution is -2.30. The molecular formula is C14H20N2O2S. The van der Waals surface area contributed by atoms with E-state index in [1.165, 1.54) is 0 Å². The van der Waals surface area contributed by atoms with E-state index < -0.39 is 0 Å². The van der Waals surface area contributed by atoms with Crippen molar-refractivity contribution in [3.63, 3.8) is 0 Å². The molecule has 0 radical (unpaired) electrons. The van der Waals surface area contributed by atoms with Crippen molar-refractivity contribution in [1.82, 2.24) is 9.55 Å². The lowest BCUT2D eigenvalue weighted by molar-refractivity contribution is -0.0219. The molecule has 1 aromatic heterocycles. The van der Waals surface area contributed by atoms with Crippen molar-refractivity contribution in [1.29, 1.82) is 0 Å². The van der Waals surface area contributed by atoms with Gasteiger partial charge in [-0.15, -0.1) is 0 Å². The maximum atomic E-state index is 5.75. The van der Waals surface area contributed by atoms with Crippen molar-refractivity contribution >= 4 is 23.3 Å². The number of hydrogen-bond acceptors (Lipinski definition) is 3. The number of aromatic amines is 1. The second kappa shape index (κ2) is 5.35. The Morgan fingerprint density at radius 2 is 2.11 bits per heavy atom. The van der Waals surface area contributed by atoms with Crippen molar-refractivity contribution in [3.05, 3.63) is 23.0 Å². The number of methoxy groups -OCH3 is 1. The first-order chi connectivity index (χ1) is 8.96. The van der Waals surface area contributed by atoms with Gasteiger partial charge < -0.3 is 19.0 Å². The maximum Gasteiger partial charge on any atom is 0.178 e. The standard InChI is InChI=1S/C14H20N2O2S/c1-5-18-14(2,3)9-16-12-8-10(17-4)6-7-11(12)15-13(16)19/h6-8H,5,9H2,1-4H3,(H,15,19). The minimum Gasteiger partial charge on any atom is -0.497 e. The Morgan fingerprint density at radius 1 is 1.37 bits per heavy atom. The van der Waals surface area contributed by atoms with Gasteiger partial charge in [-0.05, 0) is 45.1 Å². The number of rotatable bonds is 5. The van der Waals surface area contributed by atoms with Gasteiger partial charge in [0.1, 0.15) is 5.75 Å². The number of ether oxygens (including phenoxy) is 2. The molecule has 104 valence electrons. The van der Waals surface area contributed by atoms with Crippen LogP contribution in [0, 0.1) is 4.77 Å². The van der Waals surface area contributed by atoms with E-state index >= 15 is 0 Å². The van der Waals surface area contributed by atoms with E-state index in [1.807, 2.05) is 25.1 Å². The second-order valence-electron chi connectivity index (χ2n) is 5.09. The molecule has 0 saturated heterocycles. The van der Waals surface area contributed by atoms with Crippen LogP contribution in [-0.2, 0) is 11.3 Å². The molecule has 1 N–H and O–H groups in total. The highest BCUT2D eigenvalue weighted by molar-refractivity contribution is 7.71. The number of aromatic nitrogens is 2. The lowest BCUT2D eigenvalue weighted by Gasteiger charge is -2.25. The summed E-state index contributed by atoms with van der Waals surface area (Å²) in [5.74, 6) is 0.824. The van der Waals surface area contributed by atoms with Gasteiger partial charge in [0, 0.05) is 12.7 Å². The quantitative estimate of drug-likeness (QED) is 0.852. The number of H-pyrrole nitrogens is 1. The van der Waals surface area contributed by atoms with E-state index in [4.69, 9.17) is 21.7 Å². The van der Waals surface area contributed by atoms with Crippen molar-refractivity contribution in [3.8, 4) is 5.75 Å². The van der Waals surface area contributed by atoms with Crippen LogP contribution in [0.1, 0.15) is 20.8 Å². The molecule has 0 unspecified atom stereocenters. The summed E-state index contributed by atoms with van der Waals surface area (Å²) in [6.45, 7) is 7.52. The van der Waals surface area contributed by atoms with Crippen LogP contribution in [0.3, 0.4) is 0 Å². The first-order valence-electron chi connectivity index (χ1n) is 6.37. The fourth-order valence-electron chi connectivity index (χ4n) is 2.23. The van der Waals surface area contributed by atoms with Crippen molar-refractivity contribution in [2.75, 3.05) is 13.7 Å². The number of nitrogens with one attached hydrogen (secondary N) is 1. The Bertz CT molecular complexity index is 628. The van der Waals surface area contributed by atoms with Crippen molar-refractivity contribution < 1.29 is 9.47 Å². The smallest absolute Gasteiger partial charge is 0.178 e. The summed E-state index contributed by atoms with van der Waals surface area (Å²) >= 11 is 5.40. The maximum absolute atomic E-state index is 5.75. The SMILES string of the molecule is CCOC(C)(C)Cn1c(=S)[nH]c2ccc(OC)cc21. The number of benzene rings is 1. The number of hydrogen-bond donors (Lipinski definition) is 1. The zero-order chi connectivity index (χ0) is 14.0. The Hall–Kier alpha value is -1.33. The lowest BCUT2D eigenvalue weighted by atomic mass is 10.1. The van der Waals surface area contributed by atoms with E-state index in [0.29, 0.717) is 17.9 Å². The molecule has 0 fully saturated rings. The molecule has 0 aliphatic heterocycles. The van der Waals surface area contributed by atoms with Gasteiger partial charge in [0.15, 0.2) is 4.77 Å². The van der Waals surface area contributed by atoms with Gasteiger partial charge in [0.2, 0.25) is 0 Å². The molecule has 0 aliphatic rings. The third-order valence-corrected chi connectivity index (χ3v) is 3.38. The van der Waals surface area contributed by atoms with Gasteiger partial charge in [-0.25, -0.2) is 0 Å². The Morgan fingerprint density at radius 3 is 2.74 bits per heavy atom. The van der Waals surface area contributed by atoms with Gasteiger partial charge in [0.05, 0.1) is 30.3 Å². The molecule has 2 aromatic rings. The van der Waals surface area contributed by atoms with Crippen molar-refractivity contribution in [2.45, 2.75) is 32.9 Å². The van der Waals surface area contributed by atoms with E-state index in [9.17, 15) is 0 Å². The highest BCUT2D eigenvalue weighted by atomic mass is 32.1. The predicted molar refractivity (Wildman–Crippen MR) is 79.4 cm³/mol. The third kappa shape index (κ3) is 2.98. The molecule has 4 nitrogen and oxygen atoms in total. The average Bonchev–Trinajstić information content (AvgIpc) is 2.65. The van der Waals surface area contributed by atoms with E-state index in [0.717, 1.165) is 16.8 Å². The summed E-state index contributed by atoms with van der Waals surface area (Å²) in [7, 11) is 1.66. The van der Waals surface area contributed by atoms with Crippen LogP contribution in [0.25, 0.3) is 11.0 Å². The zero-order valence-electron chi connectivity index (χ0n) is 11.8. The largest absolute Gasteiger partial charge is 0.497 e. The summed E-state index contributed by atoms with van der Waals surface area (Å²) in [5, 5.41) is 0. The van der Waals surface area contributed by atoms with Crippen LogP contribution in [0.5, 0.6) is 5.75 Å².